The maximum absolute atomic E-state index is 12.8. The number of aliphatic hydroxyl groups is 1. The number of nitrogens with one attached hydrogen (secondary N) is 2. The number of halogens is 1. The molecule has 1 amide bonds. The highest BCUT2D eigenvalue weighted by Crippen LogP contribution is 2.25. The number of hydrogen-bond donors (Lipinski definition) is 3. The van der Waals surface area contributed by atoms with Crippen LogP contribution < -0.4 is 15.4 Å². The summed E-state index contributed by atoms with van der Waals surface area (Å²) in [5, 5.41) is 15.4. The van der Waals surface area contributed by atoms with Gasteiger partial charge in [0.25, 0.3) is 11.9 Å². The average Bonchev–Trinajstić information content (AvgIpc) is 3.04. The average molecular weight is 409 g/mol. The van der Waals surface area contributed by atoms with Crippen molar-refractivity contribution < 1.29 is 14.6 Å². The van der Waals surface area contributed by atoms with Crippen LogP contribution in [0, 0.1) is 0 Å². The summed E-state index contributed by atoms with van der Waals surface area (Å²) in [5.41, 5.74) is 1.38. The molecule has 0 saturated heterocycles. The number of anilines is 1. The van der Waals surface area contributed by atoms with Crippen LogP contribution in [0.3, 0.4) is 0 Å². The summed E-state index contributed by atoms with van der Waals surface area (Å²) in [4.78, 5) is 17.3. The van der Waals surface area contributed by atoms with E-state index >= 15 is 0 Å². The highest BCUT2D eigenvalue weighted by Gasteiger charge is 2.23. The normalized spacial score (nSPS) is 10.7. The number of aromatic nitrogens is 2. The molecule has 2 rings (SSSR count). The van der Waals surface area contributed by atoms with Crippen molar-refractivity contribution in [3.63, 3.8) is 0 Å². The standard InChI is InChI=1S/C20H29ClN4O3/c1-3-4-5-13-28-20-24-18(22-2)17(19(27)23-11-6-12-26)25(20)14-15-7-9-16(21)10-8-15/h7-10,22,26H,3-6,11-14H2,1-2H3,(H,23,27). The minimum atomic E-state index is -0.261. The molecule has 0 bridgehead atoms. The monoisotopic (exact) mass is 408 g/mol. The van der Waals surface area contributed by atoms with Gasteiger partial charge in [0.1, 0.15) is 0 Å². The van der Waals surface area contributed by atoms with E-state index in [4.69, 9.17) is 21.4 Å². The maximum Gasteiger partial charge on any atom is 0.299 e. The number of aliphatic hydroxyl groups excluding tert-OH is 1. The highest BCUT2D eigenvalue weighted by molar-refractivity contribution is 6.30. The molecule has 0 radical (unpaired) electrons. The summed E-state index contributed by atoms with van der Waals surface area (Å²) in [7, 11) is 1.72. The number of carbonyl (C=O) groups excluding carboxylic acids is 1. The molecule has 0 spiro atoms. The molecule has 28 heavy (non-hydrogen) atoms. The quantitative estimate of drug-likeness (QED) is 0.469. The van der Waals surface area contributed by atoms with E-state index < -0.39 is 0 Å². The number of amides is 1. The van der Waals surface area contributed by atoms with E-state index in [9.17, 15) is 4.79 Å². The zero-order valence-electron chi connectivity index (χ0n) is 16.5. The van der Waals surface area contributed by atoms with Crippen LogP contribution in [0.25, 0.3) is 0 Å². The largest absolute Gasteiger partial charge is 0.465 e. The lowest BCUT2D eigenvalue weighted by Gasteiger charge is -2.13. The molecule has 0 atom stereocenters. The van der Waals surface area contributed by atoms with E-state index in [-0.39, 0.29) is 12.5 Å². The summed E-state index contributed by atoms with van der Waals surface area (Å²) in [6.45, 7) is 3.51. The number of rotatable bonds is 12. The predicted octanol–water partition coefficient (Wildman–Crippen LogP) is 3.31. The topological polar surface area (TPSA) is 88.4 Å². The predicted molar refractivity (Wildman–Crippen MR) is 111 cm³/mol. The Labute approximate surface area is 171 Å². The molecule has 154 valence electrons. The van der Waals surface area contributed by atoms with E-state index in [1.54, 1.807) is 11.6 Å². The van der Waals surface area contributed by atoms with Crippen molar-refractivity contribution in [3.05, 3.63) is 40.5 Å². The Balaban J connectivity index is 2.31. The van der Waals surface area contributed by atoms with Gasteiger partial charge in [-0.25, -0.2) is 0 Å². The van der Waals surface area contributed by atoms with Crippen molar-refractivity contribution in [2.45, 2.75) is 39.2 Å². The molecule has 0 aliphatic heterocycles. The van der Waals surface area contributed by atoms with Gasteiger partial charge < -0.3 is 20.5 Å². The van der Waals surface area contributed by atoms with Crippen LogP contribution in [0.2, 0.25) is 5.02 Å². The van der Waals surface area contributed by atoms with Crippen LogP contribution in [0.5, 0.6) is 6.01 Å². The molecule has 3 N–H and O–H groups in total. The Hall–Kier alpha value is -2.25. The van der Waals surface area contributed by atoms with E-state index in [0.29, 0.717) is 48.7 Å². The van der Waals surface area contributed by atoms with Crippen LogP contribution in [0.4, 0.5) is 5.82 Å². The van der Waals surface area contributed by atoms with E-state index in [0.717, 1.165) is 24.8 Å². The number of ether oxygens (including phenoxy) is 1. The summed E-state index contributed by atoms with van der Waals surface area (Å²) in [5.74, 6) is 0.198. The van der Waals surface area contributed by atoms with Crippen LogP contribution >= 0.6 is 11.6 Å². The van der Waals surface area contributed by atoms with Crippen molar-refractivity contribution in [2.24, 2.45) is 0 Å². The molecular formula is C20H29ClN4O3. The Kier molecular flexibility index (Phi) is 9.10. The van der Waals surface area contributed by atoms with Gasteiger partial charge in [-0.1, -0.05) is 43.5 Å². The number of carbonyl (C=O) groups is 1. The van der Waals surface area contributed by atoms with Crippen LogP contribution in [-0.4, -0.2) is 47.4 Å². The second-order valence-corrected chi connectivity index (χ2v) is 6.88. The van der Waals surface area contributed by atoms with E-state index in [1.165, 1.54) is 0 Å². The molecule has 0 unspecified atom stereocenters. The number of hydrogen-bond acceptors (Lipinski definition) is 5. The number of unbranched alkanes of at least 4 members (excludes halogenated alkanes) is 2. The lowest BCUT2D eigenvalue weighted by Crippen LogP contribution is -2.28. The third-order valence-corrected chi connectivity index (χ3v) is 4.49. The first-order chi connectivity index (χ1) is 13.6. The molecule has 1 heterocycles. The first-order valence-electron chi connectivity index (χ1n) is 9.65. The summed E-state index contributed by atoms with van der Waals surface area (Å²) in [6, 6.07) is 7.86. The molecule has 0 aliphatic carbocycles. The van der Waals surface area contributed by atoms with Crippen molar-refractivity contribution in [3.8, 4) is 6.01 Å². The van der Waals surface area contributed by atoms with Gasteiger partial charge in [-0.2, -0.15) is 4.98 Å². The van der Waals surface area contributed by atoms with Gasteiger partial charge in [0.2, 0.25) is 0 Å². The maximum atomic E-state index is 12.8. The molecule has 0 aliphatic rings. The van der Waals surface area contributed by atoms with Crippen LogP contribution in [0.1, 0.15) is 48.7 Å². The second-order valence-electron chi connectivity index (χ2n) is 6.44. The van der Waals surface area contributed by atoms with Crippen molar-refractivity contribution in [2.75, 3.05) is 32.1 Å². The first kappa shape index (κ1) is 22.0. The summed E-state index contributed by atoms with van der Waals surface area (Å²) < 4.78 is 7.67. The second kappa shape index (κ2) is 11.6. The molecule has 2 aromatic rings. The third-order valence-electron chi connectivity index (χ3n) is 4.24. The number of imidazole rings is 1. The Morgan fingerprint density at radius 3 is 2.64 bits per heavy atom. The summed E-state index contributed by atoms with van der Waals surface area (Å²) >= 11 is 5.98. The fourth-order valence-electron chi connectivity index (χ4n) is 2.75. The lowest BCUT2D eigenvalue weighted by atomic mass is 10.2. The van der Waals surface area contributed by atoms with Gasteiger partial charge in [-0.05, 0) is 30.5 Å². The number of benzene rings is 1. The molecule has 7 nitrogen and oxygen atoms in total. The zero-order valence-corrected chi connectivity index (χ0v) is 17.3. The fraction of sp³-hybridized carbons (Fsp3) is 0.500. The van der Waals surface area contributed by atoms with Gasteiger partial charge >= 0.3 is 0 Å². The first-order valence-corrected chi connectivity index (χ1v) is 10.0. The van der Waals surface area contributed by atoms with Crippen LogP contribution in [-0.2, 0) is 6.54 Å². The Morgan fingerprint density at radius 2 is 2.00 bits per heavy atom. The van der Waals surface area contributed by atoms with E-state index in [2.05, 4.69) is 22.5 Å². The van der Waals surface area contributed by atoms with Crippen molar-refractivity contribution in [1.82, 2.24) is 14.9 Å². The minimum absolute atomic E-state index is 0.0228. The van der Waals surface area contributed by atoms with E-state index in [1.807, 2.05) is 24.3 Å². The van der Waals surface area contributed by atoms with Gasteiger partial charge in [0, 0.05) is 25.2 Å². The van der Waals surface area contributed by atoms with Gasteiger partial charge in [-0.15, -0.1) is 0 Å². The Morgan fingerprint density at radius 1 is 1.25 bits per heavy atom. The smallest absolute Gasteiger partial charge is 0.299 e. The SMILES string of the molecule is CCCCCOc1nc(NC)c(C(=O)NCCCO)n1Cc1ccc(Cl)cc1. The summed E-state index contributed by atoms with van der Waals surface area (Å²) in [6.07, 6.45) is 3.59. The minimum Gasteiger partial charge on any atom is -0.465 e. The molecular weight excluding hydrogens is 380 g/mol. The molecule has 1 aromatic heterocycles. The Bertz CT molecular complexity index is 747. The van der Waals surface area contributed by atoms with Gasteiger partial charge in [0.15, 0.2) is 11.5 Å². The molecule has 1 aromatic carbocycles. The zero-order chi connectivity index (χ0) is 20.4. The lowest BCUT2D eigenvalue weighted by molar-refractivity contribution is 0.0941. The molecule has 0 saturated carbocycles. The third kappa shape index (κ3) is 6.14. The van der Waals surface area contributed by atoms with Gasteiger partial charge in [-0.3, -0.25) is 9.36 Å². The van der Waals surface area contributed by atoms with Crippen molar-refractivity contribution >= 4 is 23.3 Å². The van der Waals surface area contributed by atoms with Crippen molar-refractivity contribution in [1.29, 1.82) is 0 Å². The van der Waals surface area contributed by atoms with Gasteiger partial charge in [0.05, 0.1) is 13.2 Å². The molecule has 8 heteroatoms. The van der Waals surface area contributed by atoms with Crippen LogP contribution in [0.15, 0.2) is 24.3 Å². The number of nitrogens with zero attached hydrogens (tertiary/aromatic N) is 2. The molecule has 0 fully saturated rings. The highest BCUT2D eigenvalue weighted by atomic mass is 35.5. The fourth-order valence-corrected chi connectivity index (χ4v) is 2.87.